The quantitative estimate of drug-likeness (QED) is 0.440. The smallest absolute Gasteiger partial charge is 0.207 e. The molecule has 0 aliphatic heterocycles. The third-order valence-electron chi connectivity index (χ3n) is 3.93. The topological polar surface area (TPSA) is 113 Å². The van der Waals surface area contributed by atoms with Crippen molar-refractivity contribution in [3.63, 3.8) is 0 Å². The molecule has 1 unspecified atom stereocenters. The molecule has 3 heterocycles. The Morgan fingerprint density at radius 2 is 2.00 bits per heavy atom. The summed E-state index contributed by atoms with van der Waals surface area (Å²) in [5, 5.41) is 15.6. The van der Waals surface area contributed by atoms with Crippen LogP contribution in [-0.4, -0.2) is 37.4 Å². The Hall–Kier alpha value is -2.14. The number of aliphatic hydroxyl groups is 1. The lowest BCUT2D eigenvalue weighted by Gasteiger charge is -2.12. The summed E-state index contributed by atoms with van der Waals surface area (Å²) < 4.78 is 19.0. The van der Waals surface area contributed by atoms with Gasteiger partial charge >= 0.3 is 0 Å². The minimum Gasteiger partial charge on any atom is -0.444 e. The molecule has 3 aromatic rings. The van der Waals surface area contributed by atoms with Crippen molar-refractivity contribution < 1.29 is 13.7 Å². The van der Waals surface area contributed by atoms with Crippen molar-refractivity contribution in [2.45, 2.75) is 42.7 Å². The Morgan fingerprint density at radius 1 is 1.17 bits per heavy atom. The Balaban J connectivity index is 1.57. The molecule has 3 aromatic heterocycles. The highest BCUT2D eigenvalue weighted by molar-refractivity contribution is 7.86. The lowest BCUT2D eigenvalue weighted by Crippen LogP contribution is -2.17. The third-order valence-corrected chi connectivity index (χ3v) is 6.51. The summed E-state index contributed by atoms with van der Waals surface area (Å²) >= 11 is 1.32. The summed E-state index contributed by atoms with van der Waals surface area (Å²) in [5.74, 6) is 2.11. The molecule has 0 saturated carbocycles. The standard InChI is InChI=1S/C19H25N5O3S2/c1-19(2,3)14-10-22-16(27-14)12-29(26)17-11-23-18(28-17)24-15-5-4-13(9-21-15)8-20-6-7-25/h4-5,9-11,20,25H,6-8,12H2,1-3H3,(H,21,23,24). The van der Waals surface area contributed by atoms with Gasteiger partial charge < -0.3 is 20.2 Å². The van der Waals surface area contributed by atoms with Gasteiger partial charge in [-0.15, -0.1) is 0 Å². The van der Waals surface area contributed by atoms with Gasteiger partial charge in [0.05, 0.1) is 29.8 Å². The maximum Gasteiger partial charge on any atom is 0.207 e. The Morgan fingerprint density at radius 3 is 2.66 bits per heavy atom. The summed E-state index contributed by atoms with van der Waals surface area (Å²) in [6, 6.07) is 3.80. The first-order chi connectivity index (χ1) is 13.8. The Bertz CT molecular complexity index is 947. The van der Waals surface area contributed by atoms with Crippen molar-refractivity contribution in [3.8, 4) is 0 Å². The second-order valence-corrected chi connectivity index (χ2v) is 10.1. The molecule has 0 saturated heterocycles. The van der Waals surface area contributed by atoms with E-state index in [2.05, 4.69) is 25.6 Å². The number of anilines is 2. The van der Waals surface area contributed by atoms with Crippen LogP contribution in [0.3, 0.4) is 0 Å². The highest BCUT2D eigenvalue weighted by atomic mass is 32.2. The van der Waals surface area contributed by atoms with Gasteiger partial charge in [-0.1, -0.05) is 38.2 Å². The minimum absolute atomic E-state index is 0.106. The number of oxazole rings is 1. The van der Waals surface area contributed by atoms with Gasteiger partial charge in [0.1, 0.15) is 21.5 Å². The molecule has 3 N–H and O–H groups in total. The molecule has 0 aromatic carbocycles. The molecule has 8 nitrogen and oxygen atoms in total. The number of hydrogen-bond donors (Lipinski definition) is 3. The first-order valence-electron chi connectivity index (χ1n) is 9.18. The van der Waals surface area contributed by atoms with E-state index in [1.165, 1.54) is 11.3 Å². The molecule has 29 heavy (non-hydrogen) atoms. The first kappa shape index (κ1) is 21.6. The van der Waals surface area contributed by atoms with Crippen molar-refractivity contribution in [1.82, 2.24) is 20.3 Å². The molecule has 156 valence electrons. The van der Waals surface area contributed by atoms with E-state index in [1.54, 1.807) is 18.6 Å². The van der Waals surface area contributed by atoms with E-state index in [0.717, 1.165) is 11.3 Å². The van der Waals surface area contributed by atoms with Crippen molar-refractivity contribution in [3.05, 3.63) is 47.9 Å². The highest BCUT2D eigenvalue weighted by Gasteiger charge is 2.20. The fraction of sp³-hybridized carbons (Fsp3) is 0.421. The third kappa shape index (κ3) is 6.17. The van der Waals surface area contributed by atoms with Gasteiger partial charge in [-0.25, -0.2) is 15.0 Å². The maximum atomic E-state index is 12.6. The van der Waals surface area contributed by atoms with Crippen LogP contribution >= 0.6 is 11.3 Å². The lowest BCUT2D eigenvalue weighted by molar-refractivity contribution is 0.292. The molecule has 0 aliphatic carbocycles. The largest absolute Gasteiger partial charge is 0.444 e. The van der Waals surface area contributed by atoms with Crippen LogP contribution in [-0.2, 0) is 28.5 Å². The van der Waals surface area contributed by atoms with E-state index >= 15 is 0 Å². The zero-order chi connectivity index (χ0) is 20.9. The fourth-order valence-corrected chi connectivity index (χ4v) is 4.37. The van der Waals surface area contributed by atoms with Crippen molar-refractivity contribution in [2.24, 2.45) is 0 Å². The van der Waals surface area contributed by atoms with Crippen LogP contribution in [0, 0.1) is 0 Å². The average molecular weight is 436 g/mol. The number of nitrogens with zero attached hydrogens (tertiary/aromatic N) is 3. The van der Waals surface area contributed by atoms with Crippen molar-refractivity contribution in [1.29, 1.82) is 0 Å². The predicted molar refractivity (Wildman–Crippen MR) is 114 cm³/mol. The molecule has 0 amide bonds. The van der Waals surface area contributed by atoms with E-state index in [4.69, 9.17) is 9.52 Å². The predicted octanol–water partition coefficient (Wildman–Crippen LogP) is 2.96. The summed E-state index contributed by atoms with van der Waals surface area (Å²) in [4.78, 5) is 12.9. The lowest BCUT2D eigenvalue weighted by atomic mass is 9.94. The van der Waals surface area contributed by atoms with Crippen molar-refractivity contribution >= 4 is 33.1 Å². The highest BCUT2D eigenvalue weighted by Crippen LogP contribution is 2.27. The van der Waals surface area contributed by atoms with Crippen LogP contribution in [0.4, 0.5) is 10.9 Å². The van der Waals surface area contributed by atoms with Gasteiger partial charge in [-0.3, -0.25) is 4.21 Å². The number of nitrogens with one attached hydrogen (secondary N) is 2. The number of thiazole rings is 1. The van der Waals surface area contributed by atoms with Crippen LogP contribution in [0.15, 0.2) is 39.3 Å². The summed E-state index contributed by atoms with van der Waals surface area (Å²) in [7, 11) is -1.28. The van der Waals surface area contributed by atoms with E-state index in [0.29, 0.717) is 34.1 Å². The zero-order valence-electron chi connectivity index (χ0n) is 16.6. The Kier molecular flexibility index (Phi) is 7.12. The second-order valence-electron chi connectivity index (χ2n) is 7.42. The Labute approximate surface area is 176 Å². The number of aliphatic hydroxyl groups excluding tert-OH is 1. The SMILES string of the molecule is CC(C)(C)c1cnc(CS(=O)c2cnc(Nc3ccc(CNCCO)cn3)s2)o1. The van der Waals surface area contributed by atoms with Gasteiger partial charge in [0.15, 0.2) is 5.13 Å². The summed E-state index contributed by atoms with van der Waals surface area (Å²) in [6.07, 6.45) is 5.06. The van der Waals surface area contributed by atoms with Gasteiger partial charge in [-0.2, -0.15) is 0 Å². The average Bonchev–Trinajstić information content (AvgIpc) is 3.33. The van der Waals surface area contributed by atoms with Crippen LogP contribution < -0.4 is 10.6 Å². The van der Waals surface area contributed by atoms with Gasteiger partial charge in [0, 0.05) is 24.7 Å². The molecule has 3 rings (SSSR count). The molecular formula is C19H25N5O3S2. The van der Waals surface area contributed by atoms with Crippen LogP contribution in [0.2, 0.25) is 0 Å². The minimum atomic E-state index is -1.28. The zero-order valence-corrected chi connectivity index (χ0v) is 18.3. The van der Waals surface area contributed by atoms with Crippen LogP contribution in [0.1, 0.15) is 38.0 Å². The summed E-state index contributed by atoms with van der Waals surface area (Å²) in [5.41, 5.74) is 0.886. The molecule has 1 atom stereocenters. The van der Waals surface area contributed by atoms with Crippen LogP contribution in [0.5, 0.6) is 0 Å². The normalized spacial score (nSPS) is 12.8. The van der Waals surface area contributed by atoms with E-state index in [-0.39, 0.29) is 17.8 Å². The fourth-order valence-electron chi connectivity index (χ4n) is 2.35. The molecule has 0 aliphatic rings. The molecule has 0 radical (unpaired) electrons. The van der Waals surface area contributed by atoms with Crippen molar-refractivity contribution in [2.75, 3.05) is 18.5 Å². The number of pyridine rings is 1. The maximum absolute atomic E-state index is 12.6. The van der Waals surface area contributed by atoms with Crippen LogP contribution in [0.25, 0.3) is 0 Å². The van der Waals surface area contributed by atoms with Gasteiger partial charge in [0.25, 0.3) is 0 Å². The first-order valence-corrected chi connectivity index (χ1v) is 11.3. The van der Waals surface area contributed by atoms with E-state index < -0.39 is 10.8 Å². The number of rotatable bonds is 9. The second kappa shape index (κ2) is 9.57. The van der Waals surface area contributed by atoms with E-state index in [1.807, 2.05) is 32.9 Å². The monoisotopic (exact) mass is 435 g/mol. The molecule has 10 heteroatoms. The van der Waals surface area contributed by atoms with E-state index in [9.17, 15) is 4.21 Å². The number of hydrogen-bond acceptors (Lipinski definition) is 9. The molecule has 0 fully saturated rings. The summed E-state index contributed by atoms with van der Waals surface area (Å²) in [6.45, 7) is 7.43. The molecule has 0 spiro atoms. The number of aromatic nitrogens is 3. The molecule has 0 bridgehead atoms. The van der Waals surface area contributed by atoms with Gasteiger partial charge in [-0.05, 0) is 11.6 Å². The molecular weight excluding hydrogens is 410 g/mol. The van der Waals surface area contributed by atoms with Gasteiger partial charge in [0.2, 0.25) is 5.89 Å².